The molecule has 0 saturated carbocycles. The molecule has 44 heavy (non-hydrogen) atoms. The highest BCUT2D eigenvalue weighted by Crippen LogP contribution is 2.40. The summed E-state index contributed by atoms with van der Waals surface area (Å²) in [6.45, 7) is 2.20. The third kappa shape index (κ3) is 4.68. The summed E-state index contributed by atoms with van der Waals surface area (Å²) in [6, 6.07) is 58.8. The molecule has 8 rings (SSSR count). The fourth-order valence-electron chi connectivity index (χ4n) is 6.20. The van der Waals surface area contributed by atoms with Crippen molar-refractivity contribution in [2.75, 3.05) is 4.90 Å². The highest BCUT2D eigenvalue weighted by atomic mass is 32.1. The van der Waals surface area contributed by atoms with E-state index in [1.54, 1.807) is 0 Å². The van der Waals surface area contributed by atoms with Crippen molar-refractivity contribution in [1.29, 1.82) is 0 Å². The first kappa shape index (κ1) is 26.3. The van der Waals surface area contributed by atoms with Crippen molar-refractivity contribution in [2.24, 2.45) is 0 Å². The van der Waals surface area contributed by atoms with E-state index in [1.165, 1.54) is 53.9 Å². The first-order valence-electron chi connectivity index (χ1n) is 14.9. The molecule has 8 aromatic rings. The molecule has 0 radical (unpaired) electrons. The van der Waals surface area contributed by atoms with Gasteiger partial charge in [0, 0.05) is 33.0 Å². The Kier molecular flexibility index (Phi) is 6.59. The summed E-state index contributed by atoms with van der Waals surface area (Å²) in [5.41, 5.74) is 12.0. The van der Waals surface area contributed by atoms with Crippen LogP contribution in [0.4, 0.5) is 17.1 Å². The Bertz CT molecular complexity index is 2190. The largest absolute Gasteiger partial charge is 0.311 e. The zero-order chi connectivity index (χ0) is 29.5. The molecule has 2 nitrogen and oxygen atoms in total. The molecule has 2 aromatic heterocycles. The average Bonchev–Trinajstić information content (AvgIpc) is 3.61. The average molecular weight is 583 g/mol. The molecule has 0 amide bonds. The van der Waals surface area contributed by atoms with E-state index in [2.05, 4.69) is 180 Å². The van der Waals surface area contributed by atoms with Gasteiger partial charge in [0.25, 0.3) is 0 Å². The van der Waals surface area contributed by atoms with Gasteiger partial charge in [0.15, 0.2) is 0 Å². The van der Waals surface area contributed by atoms with Crippen LogP contribution in [0.3, 0.4) is 0 Å². The Balaban J connectivity index is 1.18. The molecule has 0 spiro atoms. The van der Waals surface area contributed by atoms with Crippen LogP contribution in [0.15, 0.2) is 164 Å². The second kappa shape index (κ2) is 11.0. The lowest BCUT2D eigenvalue weighted by Gasteiger charge is -2.26. The number of aromatic nitrogens is 1. The third-order valence-electron chi connectivity index (χ3n) is 8.28. The Morgan fingerprint density at radius 2 is 0.955 bits per heavy atom. The van der Waals surface area contributed by atoms with E-state index >= 15 is 0 Å². The quantitative estimate of drug-likeness (QED) is 0.189. The molecule has 3 heteroatoms. The van der Waals surface area contributed by atoms with Gasteiger partial charge in [0.05, 0.1) is 15.7 Å². The lowest BCUT2D eigenvalue weighted by atomic mass is 10.0. The first-order valence-corrected chi connectivity index (χ1v) is 15.8. The Hall–Kier alpha value is -5.38. The molecule has 210 valence electrons. The number of hydrogen-bond donors (Lipinski definition) is 0. The van der Waals surface area contributed by atoms with Gasteiger partial charge < -0.3 is 9.47 Å². The normalized spacial score (nSPS) is 11.3. The molecule has 2 heterocycles. The fourth-order valence-corrected chi connectivity index (χ4v) is 7.22. The van der Waals surface area contributed by atoms with Crippen LogP contribution in [0.5, 0.6) is 0 Å². The van der Waals surface area contributed by atoms with Crippen LogP contribution >= 0.6 is 11.3 Å². The molecular formula is C41H30N2S. The van der Waals surface area contributed by atoms with Gasteiger partial charge in [0.2, 0.25) is 0 Å². The minimum atomic E-state index is 1.12. The van der Waals surface area contributed by atoms with Crippen molar-refractivity contribution in [1.82, 2.24) is 4.57 Å². The van der Waals surface area contributed by atoms with Gasteiger partial charge in [-0.3, -0.25) is 0 Å². The summed E-state index contributed by atoms with van der Waals surface area (Å²) >= 11 is 1.87. The second-order valence-electron chi connectivity index (χ2n) is 11.1. The molecule has 0 aliphatic heterocycles. The predicted molar refractivity (Wildman–Crippen MR) is 189 cm³/mol. The predicted octanol–water partition coefficient (Wildman–Crippen LogP) is 12.0. The van der Waals surface area contributed by atoms with Crippen LogP contribution in [0.25, 0.3) is 49.1 Å². The third-order valence-corrected chi connectivity index (χ3v) is 9.35. The van der Waals surface area contributed by atoms with Crippen LogP contribution in [-0.2, 0) is 0 Å². The Labute approximate surface area is 261 Å². The number of aryl methyl sites for hydroxylation is 1. The van der Waals surface area contributed by atoms with Crippen molar-refractivity contribution in [3.05, 3.63) is 169 Å². The van der Waals surface area contributed by atoms with Crippen molar-refractivity contribution in [3.63, 3.8) is 0 Å². The monoisotopic (exact) mass is 582 g/mol. The minimum Gasteiger partial charge on any atom is -0.311 e. The van der Waals surface area contributed by atoms with Crippen LogP contribution < -0.4 is 4.90 Å². The van der Waals surface area contributed by atoms with Crippen LogP contribution in [0.2, 0.25) is 0 Å². The summed E-state index contributed by atoms with van der Waals surface area (Å²) < 4.78 is 3.73. The maximum Gasteiger partial charge on any atom is 0.0651 e. The van der Waals surface area contributed by atoms with E-state index in [0.29, 0.717) is 0 Å². The van der Waals surface area contributed by atoms with Gasteiger partial charge in [-0.05, 0) is 95.9 Å². The lowest BCUT2D eigenvalue weighted by Crippen LogP contribution is -2.09. The Morgan fingerprint density at radius 3 is 1.59 bits per heavy atom. The zero-order valence-electron chi connectivity index (χ0n) is 24.4. The number of para-hydroxylation sites is 2. The van der Waals surface area contributed by atoms with Crippen molar-refractivity contribution in [3.8, 4) is 27.9 Å². The minimum absolute atomic E-state index is 1.12. The summed E-state index contributed by atoms with van der Waals surface area (Å²) in [7, 11) is 0. The van der Waals surface area contributed by atoms with E-state index in [9.17, 15) is 0 Å². The van der Waals surface area contributed by atoms with Gasteiger partial charge in [-0.15, -0.1) is 11.3 Å². The van der Waals surface area contributed by atoms with Gasteiger partial charge >= 0.3 is 0 Å². The number of rotatable bonds is 6. The number of anilines is 3. The fraction of sp³-hybridized carbons (Fsp3) is 0.0244. The van der Waals surface area contributed by atoms with Crippen molar-refractivity contribution in [2.45, 2.75) is 6.92 Å². The standard InChI is InChI=1S/C41H30N2S/c1-29-27-40-41(44-29)38-28-33(21-26-39(38)43(40)35-15-9-4-10-16-35)32-19-24-37(25-20-32)42(34-13-7-3-8-14-34)36-22-17-31(18-23-36)30-11-5-2-6-12-30/h2-28H,1H3. The first-order chi connectivity index (χ1) is 21.7. The molecular weight excluding hydrogens is 553 g/mol. The molecule has 0 aliphatic carbocycles. The van der Waals surface area contributed by atoms with E-state index in [-0.39, 0.29) is 0 Å². The van der Waals surface area contributed by atoms with Crippen LogP contribution in [-0.4, -0.2) is 4.57 Å². The molecule has 0 bridgehead atoms. The topological polar surface area (TPSA) is 8.17 Å². The maximum absolute atomic E-state index is 2.39. The van der Waals surface area contributed by atoms with Gasteiger partial charge in [-0.25, -0.2) is 0 Å². The molecule has 0 saturated heterocycles. The number of hydrogen-bond acceptors (Lipinski definition) is 2. The van der Waals surface area contributed by atoms with Gasteiger partial charge in [0.1, 0.15) is 0 Å². The summed E-state index contributed by atoms with van der Waals surface area (Å²) in [4.78, 5) is 3.65. The smallest absolute Gasteiger partial charge is 0.0651 e. The number of nitrogens with zero attached hydrogens (tertiary/aromatic N) is 2. The van der Waals surface area contributed by atoms with Crippen molar-refractivity contribution >= 4 is 49.5 Å². The molecule has 6 aromatic carbocycles. The number of fused-ring (bicyclic) bond motifs is 3. The lowest BCUT2D eigenvalue weighted by molar-refractivity contribution is 1.18. The summed E-state index contributed by atoms with van der Waals surface area (Å²) in [5, 5.41) is 1.30. The molecule has 0 atom stereocenters. The van der Waals surface area contributed by atoms with Crippen LogP contribution in [0, 0.1) is 6.92 Å². The summed E-state index contributed by atoms with van der Waals surface area (Å²) in [5.74, 6) is 0. The molecule has 0 N–H and O–H groups in total. The van der Waals surface area contributed by atoms with E-state index in [4.69, 9.17) is 0 Å². The number of thiophene rings is 1. The molecule has 0 fully saturated rings. The van der Waals surface area contributed by atoms with Gasteiger partial charge in [-0.2, -0.15) is 0 Å². The van der Waals surface area contributed by atoms with E-state index in [0.717, 1.165) is 17.1 Å². The van der Waals surface area contributed by atoms with Gasteiger partial charge in [-0.1, -0.05) is 97.1 Å². The molecule has 0 aliphatic rings. The zero-order valence-corrected chi connectivity index (χ0v) is 25.2. The summed E-state index contributed by atoms with van der Waals surface area (Å²) in [6.07, 6.45) is 0. The highest BCUT2D eigenvalue weighted by Gasteiger charge is 2.17. The highest BCUT2D eigenvalue weighted by molar-refractivity contribution is 7.20. The molecule has 0 unspecified atom stereocenters. The SMILES string of the molecule is Cc1cc2c(s1)c1cc(-c3ccc(N(c4ccccc4)c4ccc(-c5ccccc5)cc4)cc3)ccc1n2-c1ccccc1. The van der Waals surface area contributed by atoms with Crippen LogP contribution in [0.1, 0.15) is 4.88 Å². The van der Waals surface area contributed by atoms with E-state index in [1.807, 2.05) is 11.3 Å². The second-order valence-corrected chi connectivity index (χ2v) is 12.4. The van der Waals surface area contributed by atoms with E-state index < -0.39 is 0 Å². The Morgan fingerprint density at radius 1 is 0.455 bits per heavy atom. The van der Waals surface area contributed by atoms with Crippen molar-refractivity contribution < 1.29 is 0 Å². The number of benzene rings is 6. The maximum atomic E-state index is 2.39.